The van der Waals surface area contributed by atoms with Crippen LogP contribution in [0.2, 0.25) is 0 Å². The zero-order valence-electron chi connectivity index (χ0n) is 21.6. The highest BCUT2D eigenvalue weighted by atomic mass is 32.2. The molecule has 0 atom stereocenters. The second-order valence-corrected chi connectivity index (χ2v) is 12.5. The van der Waals surface area contributed by atoms with Crippen LogP contribution in [-0.4, -0.2) is 85.8 Å². The molecule has 38 heavy (non-hydrogen) atoms. The molecule has 0 spiro atoms. The van der Waals surface area contributed by atoms with Crippen LogP contribution in [0, 0.1) is 0 Å². The molecular formula is C24H32N4O8S2. The number of methoxy groups -OCH3 is 1. The monoisotopic (exact) mass is 568 g/mol. The molecule has 0 unspecified atom stereocenters. The molecule has 2 aromatic carbocycles. The first kappa shape index (κ1) is 29.4. The lowest BCUT2D eigenvalue weighted by atomic mass is 10.1. The third-order valence-electron chi connectivity index (χ3n) is 5.53. The summed E-state index contributed by atoms with van der Waals surface area (Å²) in [6.07, 6.45) is 0.957. The third kappa shape index (κ3) is 7.43. The topological polar surface area (TPSA) is 151 Å². The van der Waals surface area contributed by atoms with Crippen molar-refractivity contribution < 1.29 is 35.9 Å². The Morgan fingerprint density at radius 2 is 1.68 bits per heavy atom. The summed E-state index contributed by atoms with van der Waals surface area (Å²) in [4.78, 5) is 27.2. The Kier molecular flexibility index (Phi) is 9.35. The van der Waals surface area contributed by atoms with Crippen molar-refractivity contribution >= 4 is 43.2 Å². The summed E-state index contributed by atoms with van der Waals surface area (Å²) in [6.45, 7) is 4.60. The minimum Gasteiger partial charge on any atom is -0.495 e. The molecule has 1 heterocycles. The van der Waals surface area contributed by atoms with Crippen molar-refractivity contribution in [3.05, 3.63) is 48.0 Å². The quantitative estimate of drug-likeness (QED) is 0.435. The first-order chi connectivity index (χ1) is 17.8. The summed E-state index contributed by atoms with van der Waals surface area (Å²) < 4.78 is 64.1. The summed E-state index contributed by atoms with van der Waals surface area (Å²) in [7, 11) is -6.39. The molecule has 1 aliphatic heterocycles. The Hall–Kier alpha value is -3.20. The van der Waals surface area contributed by atoms with Gasteiger partial charge in [0.2, 0.25) is 26.0 Å². The molecule has 208 valence electrons. The fraction of sp³-hybridized carbons (Fsp3) is 0.417. The summed E-state index contributed by atoms with van der Waals surface area (Å²) in [5.74, 6) is -0.732. The fourth-order valence-electron chi connectivity index (χ4n) is 3.77. The first-order valence-electron chi connectivity index (χ1n) is 11.8. The minimum absolute atomic E-state index is 0.0593. The van der Waals surface area contributed by atoms with Crippen molar-refractivity contribution in [3.8, 4) is 5.75 Å². The average molecular weight is 569 g/mol. The highest BCUT2D eigenvalue weighted by molar-refractivity contribution is 7.92. The summed E-state index contributed by atoms with van der Waals surface area (Å²) in [5, 5.41) is 2.54. The Labute approximate surface area is 223 Å². The lowest BCUT2D eigenvalue weighted by Crippen LogP contribution is -2.40. The zero-order valence-corrected chi connectivity index (χ0v) is 23.3. The van der Waals surface area contributed by atoms with Gasteiger partial charge in [-0.05, 0) is 56.3 Å². The summed E-state index contributed by atoms with van der Waals surface area (Å²) in [6, 6.07) is 9.52. The molecular weight excluding hydrogens is 536 g/mol. The van der Waals surface area contributed by atoms with Gasteiger partial charge in [0.15, 0.2) is 0 Å². The van der Waals surface area contributed by atoms with Gasteiger partial charge in [-0.25, -0.2) is 21.6 Å². The standard InChI is InChI=1S/C24H32N4O8S2/c1-17(2)26-38(33,34)20-9-10-22(35-3)21(15-20)25-23(29)16-28(37(4,31)32)19-7-5-18(6-8-19)24(30)27-11-13-36-14-12-27/h5-10,15,17,26H,11-14,16H2,1-4H3,(H,25,29). The number of carbonyl (C=O) groups excluding carboxylic acids is 2. The second-order valence-electron chi connectivity index (χ2n) is 8.91. The van der Waals surface area contributed by atoms with Gasteiger partial charge in [0.1, 0.15) is 12.3 Å². The van der Waals surface area contributed by atoms with Gasteiger partial charge in [-0.15, -0.1) is 0 Å². The van der Waals surface area contributed by atoms with Gasteiger partial charge in [0, 0.05) is 24.7 Å². The molecule has 3 rings (SSSR count). The number of nitrogens with one attached hydrogen (secondary N) is 2. The van der Waals surface area contributed by atoms with Crippen molar-refractivity contribution in [2.45, 2.75) is 24.8 Å². The number of amides is 2. The first-order valence-corrected chi connectivity index (χ1v) is 15.1. The Morgan fingerprint density at radius 1 is 1.05 bits per heavy atom. The van der Waals surface area contributed by atoms with E-state index in [1.165, 1.54) is 49.6 Å². The van der Waals surface area contributed by atoms with Gasteiger partial charge in [-0.2, -0.15) is 0 Å². The maximum atomic E-state index is 12.9. The molecule has 0 saturated carbocycles. The number of morpholine rings is 1. The van der Waals surface area contributed by atoms with Crippen LogP contribution in [0.3, 0.4) is 0 Å². The molecule has 12 nitrogen and oxygen atoms in total. The molecule has 1 saturated heterocycles. The molecule has 2 aromatic rings. The summed E-state index contributed by atoms with van der Waals surface area (Å²) >= 11 is 0. The molecule has 2 amide bonds. The van der Waals surface area contributed by atoms with Crippen LogP contribution in [0.1, 0.15) is 24.2 Å². The normalized spacial score (nSPS) is 14.3. The number of rotatable bonds is 10. The van der Waals surface area contributed by atoms with E-state index < -0.39 is 32.5 Å². The van der Waals surface area contributed by atoms with Crippen LogP contribution in [0.5, 0.6) is 5.75 Å². The zero-order chi connectivity index (χ0) is 28.1. The van der Waals surface area contributed by atoms with Gasteiger partial charge in [-0.3, -0.25) is 13.9 Å². The number of hydrogen-bond donors (Lipinski definition) is 2. The largest absolute Gasteiger partial charge is 0.495 e. The lowest BCUT2D eigenvalue weighted by molar-refractivity contribution is -0.114. The van der Waals surface area contributed by atoms with E-state index in [1.54, 1.807) is 18.7 Å². The molecule has 2 N–H and O–H groups in total. The third-order valence-corrected chi connectivity index (χ3v) is 8.33. The van der Waals surface area contributed by atoms with Crippen LogP contribution >= 0.6 is 0 Å². The number of nitrogens with zero attached hydrogens (tertiary/aromatic N) is 2. The molecule has 1 aliphatic rings. The van der Waals surface area contributed by atoms with Crippen molar-refractivity contribution in [1.29, 1.82) is 0 Å². The van der Waals surface area contributed by atoms with Crippen molar-refractivity contribution in [3.63, 3.8) is 0 Å². The van der Waals surface area contributed by atoms with Crippen LogP contribution < -0.4 is 19.1 Å². The Morgan fingerprint density at radius 3 is 2.24 bits per heavy atom. The molecule has 0 aliphatic carbocycles. The average Bonchev–Trinajstić information content (AvgIpc) is 2.86. The number of ether oxygens (including phenoxy) is 2. The Bertz CT molecular complexity index is 1370. The minimum atomic E-state index is -3.90. The number of hydrogen-bond acceptors (Lipinski definition) is 8. The van der Waals surface area contributed by atoms with E-state index in [0.717, 1.165) is 10.6 Å². The number of anilines is 2. The van der Waals surface area contributed by atoms with Crippen LogP contribution in [0.4, 0.5) is 11.4 Å². The van der Waals surface area contributed by atoms with E-state index in [-0.39, 0.29) is 34.0 Å². The molecule has 0 radical (unpaired) electrons. The lowest BCUT2D eigenvalue weighted by Gasteiger charge is -2.27. The highest BCUT2D eigenvalue weighted by Crippen LogP contribution is 2.28. The van der Waals surface area contributed by atoms with E-state index in [2.05, 4.69) is 10.0 Å². The van der Waals surface area contributed by atoms with Crippen LogP contribution in [-0.2, 0) is 29.6 Å². The predicted octanol–water partition coefficient (Wildman–Crippen LogP) is 1.26. The SMILES string of the molecule is COc1ccc(S(=O)(=O)NC(C)C)cc1NC(=O)CN(c1ccc(C(=O)N2CCOCC2)cc1)S(C)(=O)=O. The van der Waals surface area contributed by atoms with Gasteiger partial charge in [0.05, 0.1) is 42.8 Å². The number of sulfonamides is 2. The fourth-order valence-corrected chi connectivity index (χ4v) is 5.90. The highest BCUT2D eigenvalue weighted by Gasteiger charge is 2.24. The van der Waals surface area contributed by atoms with Crippen molar-refractivity contribution in [2.75, 3.05) is 55.8 Å². The maximum Gasteiger partial charge on any atom is 0.254 e. The van der Waals surface area contributed by atoms with Gasteiger partial charge >= 0.3 is 0 Å². The summed E-state index contributed by atoms with van der Waals surface area (Å²) in [5.41, 5.74) is 0.626. The van der Waals surface area contributed by atoms with Crippen molar-refractivity contribution in [1.82, 2.24) is 9.62 Å². The van der Waals surface area contributed by atoms with Gasteiger partial charge in [0.25, 0.3) is 5.91 Å². The maximum absolute atomic E-state index is 12.9. The van der Waals surface area contributed by atoms with Crippen LogP contribution in [0.15, 0.2) is 47.4 Å². The van der Waals surface area contributed by atoms with E-state index in [4.69, 9.17) is 9.47 Å². The molecule has 0 aromatic heterocycles. The smallest absolute Gasteiger partial charge is 0.254 e. The number of carbonyl (C=O) groups is 2. The molecule has 14 heteroatoms. The number of benzene rings is 2. The molecule has 1 fully saturated rings. The van der Waals surface area contributed by atoms with Gasteiger partial charge < -0.3 is 19.7 Å². The van der Waals surface area contributed by atoms with E-state index in [9.17, 15) is 26.4 Å². The Balaban J connectivity index is 1.80. The van der Waals surface area contributed by atoms with E-state index >= 15 is 0 Å². The van der Waals surface area contributed by atoms with Crippen molar-refractivity contribution in [2.24, 2.45) is 0 Å². The van der Waals surface area contributed by atoms with E-state index in [1.807, 2.05) is 0 Å². The van der Waals surface area contributed by atoms with Crippen LogP contribution in [0.25, 0.3) is 0 Å². The predicted molar refractivity (Wildman–Crippen MR) is 142 cm³/mol. The van der Waals surface area contributed by atoms with E-state index in [0.29, 0.717) is 31.9 Å². The molecule has 0 bridgehead atoms. The second kappa shape index (κ2) is 12.1. The van der Waals surface area contributed by atoms with Gasteiger partial charge in [-0.1, -0.05) is 0 Å².